The summed E-state index contributed by atoms with van der Waals surface area (Å²) in [6.07, 6.45) is 0.919. The molecule has 0 unspecified atom stereocenters. The maximum Gasteiger partial charge on any atom is 0.337 e. The van der Waals surface area contributed by atoms with Gasteiger partial charge in [-0.2, -0.15) is 0 Å². The predicted octanol–water partition coefficient (Wildman–Crippen LogP) is 1.52. The van der Waals surface area contributed by atoms with Crippen LogP contribution < -0.4 is 10.6 Å². The van der Waals surface area contributed by atoms with Crippen LogP contribution in [0.25, 0.3) is 0 Å². The first-order valence-corrected chi connectivity index (χ1v) is 7.99. The number of methoxy groups -OCH3 is 1. The molecule has 2 N–H and O–H groups in total. The average Bonchev–Trinajstić information content (AvgIpc) is 2.86. The van der Waals surface area contributed by atoms with Gasteiger partial charge in [0.05, 0.1) is 12.7 Å². The third-order valence-electron chi connectivity index (χ3n) is 4.34. The van der Waals surface area contributed by atoms with Gasteiger partial charge in [0, 0.05) is 5.69 Å². The molecule has 0 saturated carbocycles. The highest BCUT2D eigenvalue weighted by atomic mass is 16.5. The van der Waals surface area contributed by atoms with Crippen molar-refractivity contribution in [2.45, 2.75) is 32.2 Å². The second-order valence-electron chi connectivity index (χ2n) is 5.73. The third-order valence-corrected chi connectivity index (χ3v) is 4.34. The van der Waals surface area contributed by atoms with E-state index in [4.69, 9.17) is 0 Å². The molecule has 0 radical (unpaired) electrons. The van der Waals surface area contributed by atoms with Gasteiger partial charge in [0.25, 0.3) is 5.91 Å². The molecule has 1 aliphatic rings. The van der Waals surface area contributed by atoms with Crippen molar-refractivity contribution >= 4 is 29.5 Å². The molecule has 1 aliphatic heterocycles. The van der Waals surface area contributed by atoms with Crippen LogP contribution in [-0.4, -0.2) is 47.9 Å². The smallest absolute Gasteiger partial charge is 0.337 e. The highest BCUT2D eigenvalue weighted by Gasteiger charge is 2.49. The van der Waals surface area contributed by atoms with E-state index in [2.05, 4.69) is 15.4 Å². The lowest BCUT2D eigenvalue weighted by atomic mass is 9.93. The van der Waals surface area contributed by atoms with E-state index in [1.165, 1.54) is 19.2 Å². The van der Waals surface area contributed by atoms with Gasteiger partial charge < -0.3 is 15.4 Å². The second-order valence-corrected chi connectivity index (χ2v) is 5.73. The third kappa shape index (κ3) is 3.62. The van der Waals surface area contributed by atoms with Crippen LogP contribution in [0.4, 0.5) is 10.5 Å². The molecule has 134 valence electrons. The first-order chi connectivity index (χ1) is 11.9. The zero-order valence-corrected chi connectivity index (χ0v) is 14.4. The molecule has 1 aromatic carbocycles. The molecule has 0 bridgehead atoms. The van der Waals surface area contributed by atoms with Gasteiger partial charge in [0.1, 0.15) is 12.1 Å². The largest absolute Gasteiger partial charge is 0.465 e. The van der Waals surface area contributed by atoms with Gasteiger partial charge in [0.15, 0.2) is 0 Å². The lowest BCUT2D eigenvalue weighted by Crippen LogP contribution is -2.46. The van der Waals surface area contributed by atoms with Crippen molar-refractivity contribution < 1.29 is 23.9 Å². The fourth-order valence-corrected chi connectivity index (χ4v) is 2.70. The Morgan fingerprint density at radius 1 is 1.16 bits per heavy atom. The first-order valence-electron chi connectivity index (χ1n) is 7.99. The van der Waals surface area contributed by atoms with Crippen LogP contribution in [0.15, 0.2) is 24.3 Å². The van der Waals surface area contributed by atoms with Crippen molar-refractivity contribution in [3.63, 3.8) is 0 Å². The summed E-state index contributed by atoms with van der Waals surface area (Å²) in [5, 5.41) is 5.26. The summed E-state index contributed by atoms with van der Waals surface area (Å²) < 4.78 is 4.60. The van der Waals surface area contributed by atoms with E-state index in [0.29, 0.717) is 24.1 Å². The first kappa shape index (κ1) is 18.4. The number of nitrogens with zero attached hydrogens (tertiary/aromatic N) is 1. The minimum absolute atomic E-state index is 0.352. The summed E-state index contributed by atoms with van der Waals surface area (Å²) in [4.78, 5) is 48.9. The van der Waals surface area contributed by atoms with Crippen molar-refractivity contribution in [3.05, 3.63) is 29.8 Å². The molecule has 1 aromatic rings. The maximum atomic E-state index is 12.5. The molecule has 25 heavy (non-hydrogen) atoms. The number of benzene rings is 1. The Labute approximate surface area is 145 Å². The van der Waals surface area contributed by atoms with Crippen molar-refractivity contribution in [3.8, 4) is 0 Å². The lowest BCUT2D eigenvalue weighted by Gasteiger charge is -2.23. The molecular weight excluding hydrogens is 326 g/mol. The van der Waals surface area contributed by atoms with E-state index in [1.54, 1.807) is 12.1 Å². The Morgan fingerprint density at radius 3 is 2.24 bits per heavy atom. The van der Waals surface area contributed by atoms with Crippen LogP contribution in [-0.2, 0) is 14.3 Å². The number of amides is 4. The molecule has 8 heteroatoms. The quantitative estimate of drug-likeness (QED) is 0.600. The number of urea groups is 1. The predicted molar refractivity (Wildman–Crippen MR) is 90.0 cm³/mol. The zero-order chi connectivity index (χ0) is 18.6. The number of anilines is 1. The fraction of sp³-hybridized carbons (Fsp3) is 0.412. The molecule has 0 spiro atoms. The van der Waals surface area contributed by atoms with E-state index in [0.717, 1.165) is 4.90 Å². The number of carbonyl (C=O) groups is 4. The van der Waals surface area contributed by atoms with Gasteiger partial charge in [-0.15, -0.1) is 0 Å². The maximum absolute atomic E-state index is 12.5. The normalized spacial score (nSPS) is 15.7. The molecule has 1 saturated heterocycles. The van der Waals surface area contributed by atoms with Crippen molar-refractivity contribution in [2.24, 2.45) is 0 Å². The highest BCUT2D eigenvalue weighted by molar-refractivity contribution is 6.10. The molecule has 2 rings (SSSR count). The molecule has 0 aromatic heterocycles. The lowest BCUT2D eigenvalue weighted by molar-refractivity contribution is -0.134. The van der Waals surface area contributed by atoms with E-state index < -0.39 is 29.4 Å². The number of hydrogen-bond acceptors (Lipinski definition) is 5. The van der Waals surface area contributed by atoms with Crippen molar-refractivity contribution in [1.29, 1.82) is 0 Å². The summed E-state index contributed by atoms with van der Waals surface area (Å²) >= 11 is 0. The van der Waals surface area contributed by atoms with Crippen LogP contribution in [0.5, 0.6) is 0 Å². The molecule has 0 atom stereocenters. The number of ether oxygens (including phenoxy) is 1. The molecule has 0 aliphatic carbocycles. The minimum atomic E-state index is -0.931. The molecule has 1 fully saturated rings. The molecule has 8 nitrogen and oxygen atoms in total. The summed E-state index contributed by atoms with van der Waals surface area (Å²) in [5.74, 6) is -1.37. The summed E-state index contributed by atoms with van der Waals surface area (Å²) in [6, 6.07) is 5.53. The SMILES string of the molecule is CCC1(CC)NC(=O)N(CC(=O)Nc2ccc(C(=O)OC)cc2)C1=O. The topological polar surface area (TPSA) is 105 Å². The fourth-order valence-electron chi connectivity index (χ4n) is 2.70. The van der Waals surface area contributed by atoms with Gasteiger partial charge in [-0.1, -0.05) is 13.8 Å². The molecule has 1 heterocycles. The van der Waals surface area contributed by atoms with Gasteiger partial charge in [0.2, 0.25) is 5.91 Å². The Hall–Kier alpha value is -2.90. The van der Waals surface area contributed by atoms with Crippen LogP contribution in [0.1, 0.15) is 37.0 Å². The van der Waals surface area contributed by atoms with E-state index in [9.17, 15) is 19.2 Å². The average molecular weight is 347 g/mol. The number of carbonyl (C=O) groups excluding carboxylic acids is 4. The minimum Gasteiger partial charge on any atom is -0.465 e. The zero-order valence-electron chi connectivity index (χ0n) is 14.4. The number of rotatable bonds is 6. The van der Waals surface area contributed by atoms with Gasteiger partial charge >= 0.3 is 12.0 Å². The molecular formula is C17H21N3O5. The Morgan fingerprint density at radius 2 is 1.76 bits per heavy atom. The van der Waals surface area contributed by atoms with E-state index >= 15 is 0 Å². The summed E-state index contributed by atoms with van der Waals surface area (Å²) in [6.45, 7) is 3.26. The van der Waals surface area contributed by atoms with Crippen molar-refractivity contribution in [1.82, 2.24) is 10.2 Å². The van der Waals surface area contributed by atoms with Crippen LogP contribution >= 0.6 is 0 Å². The highest BCUT2D eigenvalue weighted by Crippen LogP contribution is 2.24. The van der Waals surface area contributed by atoms with Crippen LogP contribution in [0, 0.1) is 0 Å². The van der Waals surface area contributed by atoms with Gasteiger partial charge in [-0.05, 0) is 37.1 Å². The number of nitrogens with one attached hydrogen (secondary N) is 2. The summed E-state index contributed by atoms with van der Waals surface area (Å²) in [7, 11) is 1.28. The number of imide groups is 1. The monoisotopic (exact) mass is 347 g/mol. The van der Waals surface area contributed by atoms with Gasteiger partial charge in [-0.3, -0.25) is 14.5 Å². The van der Waals surface area contributed by atoms with Gasteiger partial charge in [-0.25, -0.2) is 9.59 Å². The Balaban J connectivity index is 2.02. The standard InChI is InChI=1S/C17H21N3O5/c1-4-17(5-2)15(23)20(16(24)19-17)10-13(21)18-12-8-6-11(7-9-12)14(22)25-3/h6-9H,4-5,10H2,1-3H3,(H,18,21)(H,19,24). The summed E-state index contributed by atoms with van der Waals surface area (Å²) in [5.41, 5.74) is -0.133. The number of esters is 1. The van der Waals surface area contributed by atoms with Crippen LogP contribution in [0.3, 0.4) is 0 Å². The Bertz CT molecular complexity index is 695. The Kier molecular flexibility index (Phi) is 5.41. The second kappa shape index (κ2) is 7.33. The van der Waals surface area contributed by atoms with Crippen molar-refractivity contribution in [2.75, 3.05) is 19.0 Å². The van der Waals surface area contributed by atoms with E-state index in [1.807, 2.05) is 13.8 Å². The number of hydrogen-bond donors (Lipinski definition) is 2. The van der Waals surface area contributed by atoms with E-state index in [-0.39, 0.29) is 6.54 Å². The van der Waals surface area contributed by atoms with Crippen LogP contribution in [0.2, 0.25) is 0 Å². The molecule has 4 amide bonds.